The molecule has 28 heavy (non-hydrogen) atoms. The van der Waals surface area contributed by atoms with Gasteiger partial charge in [-0.25, -0.2) is 4.99 Å². The highest BCUT2D eigenvalue weighted by atomic mass is 127. The van der Waals surface area contributed by atoms with Gasteiger partial charge in [0.05, 0.1) is 0 Å². The van der Waals surface area contributed by atoms with Gasteiger partial charge in [0.25, 0.3) is 0 Å². The number of nitrogens with zero attached hydrogens (tertiary/aromatic N) is 2. The molecule has 1 saturated carbocycles. The number of amides is 1. The standard InChI is InChI=1S/C20H32N4O2S.HI/c1-3-21-19(23-15-20(7-4-8-20)9-11-26-2)22-13-18(25)24-10-5-17-16(14-24)6-12-27-17;/h6,12H,3-5,7-11,13-15H2,1-2H3,(H2,21,22,23);1H. The van der Waals surface area contributed by atoms with Crippen molar-refractivity contribution in [3.8, 4) is 0 Å². The molecule has 8 heteroatoms. The molecule has 1 amide bonds. The summed E-state index contributed by atoms with van der Waals surface area (Å²) >= 11 is 1.79. The van der Waals surface area contributed by atoms with E-state index in [0.29, 0.717) is 5.41 Å². The monoisotopic (exact) mass is 520 g/mol. The first kappa shape index (κ1) is 23.4. The first-order chi connectivity index (χ1) is 13.2. The van der Waals surface area contributed by atoms with Crippen molar-refractivity contribution in [1.82, 2.24) is 15.5 Å². The molecule has 3 rings (SSSR count). The van der Waals surface area contributed by atoms with Crippen LogP contribution in [-0.2, 0) is 22.5 Å². The van der Waals surface area contributed by atoms with Crippen LogP contribution in [0.5, 0.6) is 0 Å². The largest absolute Gasteiger partial charge is 0.385 e. The van der Waals surface area contributed by atoms with E-state index in [4.69, 9.17) is 4.74 Å². The molecule has 2 heterocycles. The molecule has 1 aliphatic heterocycles. The lowest BCUT2D eigenvalue weighted by atomic mass is 9.67. The number of hydrogen-bond acceptors (Lipinski definition) is 4. The summed E-state index contributed by atoms with van der Waals surface area (Å²) in [4.78, 5) is 20.5. The zero-order valence-corrected chi connectivity index (χ0v) is 20.1. The Bertz CT molecular complexity index is 660. The summed E-state index contributed by atoms with van der Waals surface area (Å²) in [6.45, 7) is 6.23. The average Bonchev–Trinajstić information content (AvgIpc) is 3.12. The maximum atomic E-state index is 12.6. The van der Waals surface area contributed by atoms with Gasteiger partial charge in [-0.1, -0.05) is 6.42 Å². The molecule has 0 spiro atoms. The second-order valence-corrected chi connectivity index (χ2v) is 8.58. The molecule has 1 fully saturated rings. The summed E-state index contributed by atoms with van der Waals surface area (Å²) in [5.41, 5.74) is 1.61. The number of rotatable bonds is 8. The lowest BCUT2D eigenvalue weighted by molar-refractivity contribution is -0.130. The van der Waals surface area contributed by atoms with E-state index in [0.717, 1.165) is 51.6 Å². The zero-order chi connectivity index (χ0) is 19.1. The van der Waals surface area contributed by atoms with Crippen molar-refractivity contribution in [2.75, 3.05) is 39.9 Å². The van der Waals surface area contributed by atoms with Gasteiger partial charge in [-0.05, 0) is 55.0 Å². The number of thiophene rings is 1. The van der Waals surface area contributed by atoms with Gasteiger partial charge in [0.2, 0.25) is 5.91 Å². The minimum absolute atomic E-state index is 0. The van der Waals surface area contributed by atoms with Crippen molar-refractivity contribution < 1.29 is 9.53 Å². The van der Waals surface area contributed by atoms with Gasteiger partial charge < -0.3 is 20.3 Å². The van der Waals surface area contributed by atoms with E-state index in [1.807, 2.05) is 11.8 Å². The third-order valence-corrected chi connectivity index (χ3v) is 6.78. The van der Waals surface area contributed by atoms with Gasteiger partial charge in [-0.2, -0.15) is 0 Å². The van der Waals surface area contributed by atoms with Crippen LogP contribution in [0, 0.1) is 5.41 Å². The van der Waals surface area contributed by atoms with Crippen molar-refractivity contribution in [2.45, 2.75) is 45.6 Å². The van der Waals surface area contributed by atoms with E-state index in [2.05, 4.69) is 27.1 Å². The molecule has 0 unspecified atom stereocenters. The van der Waals surface area contributed by atoms with Crippen LogP contribution in [0.4, 0.5) is 0 Å². The molecule has 0 bridgehead atoms. The lowest BCUT2D eigenvalue weighted by Gasteiger charge is -2.42. The fourth-order valence-corrected chi connectivity index (χ4v) is 4.72. The van der Waals surface area contributed by atoms with Gasteiger partial charge in [0.15, 0.2) is 5.96 Å². The number of aliphatic imine (C=N–C) groups is 1. The van der Waals surface area contributed by atoms with Crippen LogP contribution < -0.4 is 10.6 Å². The normalized spacial score (nSPS) is 17.9. The summed E-state index contributed by atoms with van der Waals surface area (Å²) in [7, 11) is 1.76. The molecular formula is C20H33IN4O2S. The number of halogens is 1. The third kappa shape index (κ3) is 6.06. The Hall–Kier alpha value is -0.870. The van der Waals surface area contributed by atoms with Crippen LogP contribution in [-0.4, -0.2) is 56.7 Å². The molecular weight excluding hydrogens is 487 g/mol. The molecule has 158 valence electrons. The molecule has 6 nitrogen and oxygen atoms in total. The number of carbonyl (C=O) groups is 1. The molecule has 0 radical (unpaired) electrons. The number of methoxy groups -OCH3 is 1. The van der Waals surface area contributed by atoms with Crippen LogP contribution in [0.1, 0.15) is 43.0 Å². The number of carbonyl (C=O) groups excluding carboxylic acids is 1. The molecule has 1 aromatic heterocycles. The molecule has 2 aliphatic rings. The second kappa shape index (κ2) is 11.3. The SMILES string of the molecule is CCNC(=NCC(=O)N1CCc2sccc2C1)NCC1(CCOC)CCC1.I. The first-order valence-corrected chi connectivity index (χ1v) is 10.9. The van der Waals surface area contributed by atoms with Gasteiger partial charge in [0, 0.05) is 44.8 Å². The minimum Gasteiger partial charge on any atom is -0.385 e. The Kier molecular flexibility index (Phi) is 9.49. The van der Waals surface area contributed by atoms with Crippen LogP contribution in [0.25, 0.3) is 0 Å². The van der Waals surface area contributed by atoms with E-state index in [1.54, 1.807) is 18.4 Å². The van der Waals surface area contributed by atoms with Crippen molar-refractivity contribution in [3.05, 3.63) is 21.9 Å². The molecule has 0 saturated heterocycles. The van der Waals surface area contributed by atoms with Crippen LogP contribution in [0.2, 0.25) is 0 Å². The van der Waals surface area contributed by atoms with Crippen molar-refractivity contribution in [3.63, 3.8) is 0 Å². The van der Waals surface area contributed by atoms with Crippen LogP contribution >= 0.6 is 35.3 Å². The highest BCUT2D eigenvalue weighted by molar-refractivity contribution is 14.0. The average molecular weight is 520 g/mol. The molecule has 1 aromatic rings. The van der Waals surface area contributed by atoms with Crippen molar-refractivity contribution in [1.29, 1.82) is 0 Å². The van der Waals surface area contributed by atoms with E-state index in [1.165, 1.54) is 29.7 Å². The topological polar surface area (TPSA) is 66.0 Å². The van der Waals surface area contributed by atoms with Crippen molar-refractivity contribution in [2.24, 2.45) is 10.4 Å². The van der Waals surface area contributed by atoms with E-state index < -0.39 is 0 Å². The minimum atomic E-state index is 0. The molecule has 0 aromatic carbocycles. The van der Waals surface area contributed by atoms with Gasteiger partial charge >= 0.3 is 0 Å². The van der Waals surface area contributed by atoms with E-state index in [9.17, 15) is 4.79 Å². The quantitative estimate of drug-likeness (QED) is 0.314. The number of hydrogen-bond donors (Lipinski definition) is 2. The van der Waals surface area contributed by atoms with Gasteiger partial charge in [0.1, 0.15) is 6.54 Å². The van der Waals surface area contributed by atoms with Gasteiger partial charge in [-0.15, -0.1) is 35.3 Å². The Morgan fingerprint density at radius 1 is 1.39 bits per heavy atom. The predicted molar refractivity (Wildman–Crippen MR) is 126 cm³/mol. The predicted octanol–water partition coefficient (Wildman–Crippen LogP) is 3.01. The summed E-state index contributed by atoms with van der Waals surface area (Å²) in [6, 6.07) is 2.13. The van der Waals surface area contributed by atoms with Crippen molar-refractivity contribution >= 4 is 47.2 Å². The number of ether oxygens (including phenoxy) is 1. The maximum absolute atomic E-state index is 12.6. The molecule has 0 atom stereocenters. The number of fused-ring (bicyclic) bond motifs is 1. The fourth-order valence-electron chi connectivity index (χ4n) is 3.83. The van der Waals surface area contributed by atoms with E-state index >= 15 is 0 Å². The second-order valence-electron chi connectivity index (χ2n) is 7.58. The highest BCUT2D eigenvalue weighted by Crippen LogP contribution is 2.43. The molecule has 2 N–H and O–H groups in total. The summed E-state index contributed by atoms with van der Waals surface area (Å²) in [5, 5.41) is 8.84. The highest BCUT2D eigenvalue weighted by Gasteiger charge is 2.36. The van der Waals surface area contributed by atoms with E-state index in [-0.39, 0.29) is 36.4 Å². The number of guanidine groups is 1. The van der Waals surface area contributed by atoms with Crippen LogP contribution in [0.3, 0.4) is 0 Å². The maximum Gasteiger partial charge on any atom is 0.244 e. The summed E-state index contributed by atoms with van der Waals surface area (Å²) < 4.78 is 5.27. The Labute approximate surface area is 189 Å². The fraction of sp³-hybridized carbons (Fsp3) is 0.700. The summed E-state index contributed by atoms with van der Waals surface area (Å²) in [6.07, 6.45) is 5.79. The Morgan fingerprint density at radius 2 is 2.21 bits per heavy atom. The Balaban J connectivity index is 0.00000280. The summed E-state index contributed by atoms with van der Waals surface area (Å²) in [5.74, 6) is 0.838. The molecule has 1 aliphatic carbocycles. The smallest absolute Gasteiger partial charge is 0.244 e. The zero-order valence-electron chi connectivity index (χ0n) is 17.0. The third-order valence-electron chi connectivity index (χ3n) is 5.76. The Morgan fingerprint density at radius 3 is 2.89 bits per heavy atom. The van der Waals surface area contributed by atoms with Gasteiger partial charge in [-0.3, -0.25) is 4.79 Å². The lowest BCUT2D eigenvalue weighted by Crippen LogP contribution is -2.47. The first-order valence-electron chi connectivity index (χ1n) is 10.00. The number of nitrogens with one attached hydrogen (secondary N) is 2. The van der Waals surface area contributed by atoms with Crippen LogP contribution in [0.15, 0.2) is 16.4 Å².